The fourth-order valence-electron chi connectivity index (χ4n) is 3.62. The second-order valence-electron chi connectivity index (χ2n) is 7.88. The molecule has 1 N–H and O–H groups in total. The summed E-state index contributed by atoms with van der Waals surface area (Å²) in [5, 5.41) is 2.99. The molecule has 1 aliphatic rings. The summed E-state index contributed by atoms with van der Waals surface area (Å²) in [4.78, 5) is 14.9. The van der Waals surface area contributed by atoms with Gasteiger partial charge in [-0.1, -0.05) is 44.2 Å². The fraction of sp³-hybridized carbons (Fsp3) is 0.458. The molecule has 3 rings (SSSR count). The van der Waals surface area contributed by atoms with Crippen molar-refractivity contribution in [3.63, 3.8) is 0 Å². The number of carbonyl (C=O) groups is 1. The number of piperidine rings is 1. The van der Waals surface area contributed by atoms with Gasteiger partial charge in [-0.15, -0.1) is 0 Å². The molecule has 0 radical (unpaired) electrons. The Morgan fingerprint density at radius 1 is 1.00 bits per heavy atom. The quantitative estimate of drug-likeness (QED) is 0.744. The maximum atomic E-state index is 12.5. The van der Waals surface area contributed by atoms with E-state index in [1.807, 2.05) is 18.2 Å². The first-order valence-corrected chi connectivity index (χ1v) is 10.4. The Hall–Kier alpha value is -2.49. The topological polar surface area (TPSA) is 41.6 Å². The minimum absolute atomic E-state index is 0.0985. The molecule has 1 aliphatic heterocycles. The maximum Gasteiger partial charge on any atom is 0.261 e. The van der Waals surface area contributed by atoms with E-state index in [1.165, 1.54) is 24.9 Å². The van der Waals surface area contributed by atoms with Crippen LogP contribution in [0.1, 0.15) is 57.1 Å². The number of benzene rings is 2. The first-order chi connectivity index (χ1) is 13.5. The molecule has 150 valence electrons. The van der Waals surface area contributed by atoms with Crippen LogP contribution in [0.4, 0.5) is 5.69 Å². The number of hydrogen-bond donors (Lipinski definition) is 1. The number of nitrogens with one attached hydrogen (secondary N) is 1. The lowest BCUT2D eigenvalue weighted by Crippen LogP contribution is -2.36. The smallest absolute Gasteiger partial charge is 0.261 e. The molecule has 1 heterocycles. The van der Waals surface area contributed by atoms with Gasteiger partial charge in [0.05, 0.1) is 0 Å². The predicted molar refractivity (Wildman–Crippen MR) is 115 cm³/mol. The highest BCUT2D eigenvalue weighted by atomic mass is 16.5. The van der Waals surface area contributed by atoms with E-state index in [9.17, 15) is 4.79 Å². The van der Waals surface area contributed by atoms with Crippen LogP contribution in [0.25, 0.3) is 0 Å². The van der Waals surface area contributed by atoms with Crippen LogP contribution < -0.4 is 15.0 Å². The Labute approximate surface area is 168 Å². The van der Waals surface area contributed by atoms with Crippen molar-refractivity contribution in [1.29, 1.82) is 0 Å². The third-order valence-corrected chi connectivity index (χ3v) is 5.34. The highest BCUT2D eigenvalue weighted by Gasteiger charge is 2.17. The highest BCUT2D eigenvalue weighted by molar-refractivity contribution is 5.80. The summed E-state index contributed by atoms with van der Waals surface area (Å²) in [6.07, 6.45) is 3.35. The van der Waals surface area contributed by atoms with E-state index >= 15 is 0 Å². The summed E-state index contributed by atoms with van der Waals surface area (Å²) in [6.45, 7) is 8.84. The summed E-state index contributed by atoms with van der Waals surface area (Å²) in [5.41, 5.74) is 3.50. The molecule has 0 spiro atoms. The second-order valence-corrected chi connectivity index (χ2v) is 7.88. The van der Waals surface area contributed by atoms with Crippen LogP contribution in [0.5, 0.6) is 5.75 Å². The lowest BCUT2D eigenvalue weighted by atomic mass is 10.0. The number of rotatable bonds is 7. The summed E-state index contributed by atoms with van der Waals surface area (Å²) in [7, 11) is 0. The zero-order valence-electron chi connectivity index (χ0n) is 17.3. The lowest BCUT2D eigenvalue weighted by molar-refractivity contribution is -0.127. The average Bonchev–Trinajstić information content (AvgIpc) is 2.73. The Morgan fingerprint density at radius 3 is 2.36 bits per heavy atom. The Kier molecular flexibility index (Phi) is 6.96. The van der Waals surface area contributed by atoms with E-state index in [1.54, 1.807) is 6.92 Å². The van der Waals surface area contributed by atoms with E-state index in [4.69, 9.17) is 4.74 Å². The van der Waals surface area contributed by atoms with Gasteiger partial charge in [0.15, 0.2) is 6.10 Å². The van der Waals surface area contributed by atoms with Gasteiger partial charge in [0.1, 0.15) is 5.75 Å². The molecule has 1 amide bonds. The first-order valence-electron chi connectivity index (χ1n) is 10.4. The van der Waals surface area contributed by atoms with Gasteiger partial charge in [-0.25, -0.2) is 0 Å². The van der Waals surface area contributed by atoms with Gasteiger partial charge < -0.3 is 15.0 Å². The minimum atomic E-state index is -0.535. The van der Waals surface area contributed by atoms with Crippen molar-refractivity contribution in [2.75, 3.05) is 18.0 Å². The van der Waals surface area contributed by atoms with Crippen LogP contribution in [-0.2, 0) is 11.3 Å². The van der Waals surface area contributed by atoms with Crippen molar-refractivity contribution in [2.24, 2.45) is 0 Å². The van der Waals surface area contributed by atoms with Gasteiger partial charge in [-0.3, -0.25) is 4.79 Å². The maximum absolute atomic E-state index is 12.5. The van der Waals surface area contributed by atoms with E-state index < -0.39 is 6.10 Å². The fourth-order valence-corrected chi connectivity index (χ4v) is 3.62. The van der Waals surface area contributed by atoms with Gasteiger partial charge in [-0.05, 0) is 61.4 Å². The molecular formula is C24H32N2O2. The van der Waals surface area contributed by atoms with Crippen molar-refractivity contribution in [2.45, 2.75) is 58.6 Å². The Bertz CT molecular complexity index is 764. The molecule has 0 aromatic heterocycles. The number of para-hydroxylation sites is 1. The van der Waals surface area contributed by atoms with Crippen molar-refractivity contribution in [3.8, 4) is 5.75 Å². The number of nitrogens with zero attached hydrogens (tertiary/aromatic N) is 1. The second kappa shape index (κ2) is 9.63. The predicted octanol–water partition coefficient (Wildman–Crippen LogP) is 4.88. The largest absolute Gasteiger partial charge is 0.481 e. The van der Waals surface area contributed by atoms with Gasteiger partial charge in [-0.2, -0.15) is 0 Å². The van der Waals surface area contributed by atoms with Crippen LogP contribution >= 0.6 is 0 Å². The van der Waals surface area contributed by atoms with E-state index in [2.05, 4.69) is 54.4 Å². The van der Waals surface area contributed by atoms with Crippen LogP contribution in [-0.4, -0.2) is 25.1 Å². The first kappa shape index (κ1) is 20.2. The molecule has 1 fully saturated rings. The lowest BCUT2D eigenvalue weighted by Gasteiger charge is -2.28. The number of hydrogen-bond acceptors (Lipinski definition) is 3. The number of amides is 1. The summed E-state index contributed by atoms with van der Waals surface area (Å²) in [5.74, 6) is 1.04. The number of ether oxygens (including phenoxy) is 1. The summed E-state index contributed by atoms with van der Waals surface area (Å²) in [6, 6.07) is 16.4. The van der Waals surface area contributed by atoms with E-state index in [-0.39, 0.29) is 5.91 Å². The third-order valence-electron chi connectivity index (χ3n) is 5.34. The van der Waals surface area contributed by atoms with Gasteiger partial charge >= 0.3 is 0 Å². The van der Waals surface area contributed by atoms with Crippen LogP contribution in [0.2, 0.25) is 0 Å². The molecule has 28 heavy (non-hydrogen) atoms. The van der Waals surface area contributed by atoms with Gasteiger partial charge in [0, 0.05) is 25.3 Å². The zero-order valence-corrected chi connectivity index (χ0v) is 17.3. The molecule has 0 unspecified atom stereocenters. The van der Waals surface area contributed by atoms with Crippen LogP contribution in [0, 0.1) is 0 Å². The summed E-state index contributed by atoms with van der Waals surface area (Å²) >= 11 is 0. The zero-order chi connectivity index (χ0) is 19.9. The third kappa shape index (κ3) is 5.28. The monoisotopic (exact) mass is 380 g/mol. The molecule has 2 aromatic carbocycles. The van der Waals surface area contributed by atoms with E-state index in [0.717, 1.165) is 30.0 Å². The van der Waals surface area contributed by atoms with Crippen LogP contribution in [0.15, 0.2) is 48.5 Å². The number of carbonyl (C=O) groups excluding carboxylic acids is 1. The van der Waals surface area contributed by atoms with Gasteiger partial charge in [0.25, 0.3) is 5.91 Å². The molecule has 0 bridgehead atoms. The van der Waals surface area contributed by atoms with Gasteiger partial charge in [0.2, 0.25) is 0 Å². The van der Waals surface area contributed by atoms with Crippen LogP contribution in [0.3, 0.4) is 0 Å². The molecule has 4 nitrogen and oxygen atoms in total. The van der Waals surface area contributed by atoms with Crippen molar-refractivity contribution in [3.05, 3.63) is 59.7 Å². The molecule has 0 saturated carbocycles. The molecule has 2 aromatic rings. The molecule has 0 aliphatic carbocycles. The highest BCUT2D eigenvalue weighted by Crippen LogP contribution is 2.26. The number of anilines is 1. The average molecular weight is 381 g/mol. The van der Waals surface area contributed by atoms with Crippen molar-refractivity contribution in [1.82, 2.24) is 5.32 Å². The minimum Gasteiger partial charge on any atom is -0.481 e. The Morgan fingerprint density at radius 2 is 1.68 bits per heavy atom. The Balaban J connectivity index is 1.52. The standard InChI is InChI=1S/C24H32N2O2/c1-18(2)22-9-5-6-10-23(22)28-19(3)24(27)25-17-20-11-13-21(14-12-20)26-15-7-4-8-16-26/h5-6,9-14,18-19H,4,7-8,15-17H2,1-3H3,(H,25,27)/t19-/m0/s1. The van der Waals surface area contributed by atoms with E-state index in [0.29, 0.717) is 12.5 Å². The molecular weight excluding hydrogens is 348 g/mol. The summed E-state index contributed by atoms with van der Waals surface area (Å²) < 4.78 is 5.94. The van der Waals surface area contributed by atoms with Crippen molar-refractivity contribution >= 4 is 11.6 Å². The molecule has 1 atom stereocenters. The normalized spacial score (nSPS) is 15.4. The molecule has 4 heteroatoms. The SMILES string of the molecule is CC(C)c1ccccc1O[C@@H](C)C(=O)NCc1ccc(N2CCCCC2)cc1. The molecule has 1 saturated heterocycles. The van der Waals surface area contributed by atoms with Crippen molar-refractivity contribution < 1.29 is 9.53 Å².